The summed E-state index contributed by atoms with van der Waals surface area (Å²) in [6.07, 6.45) is 0.572. The molecule has 0 amide bonds. The molecule has 2 rings (SSSR count). The summed E-state index contributed by atoms with van der Waals surface area (Å²) < 4.78 is 30.6. The molecule has 0 spiro atoms. The van der Waals surface area contributed by atoms with E-state index in [4.69, 9.17) is 11.6 Å². The number of rotatable bonds is 4. The largest absolute Gasteiger partial charge is 0.433 e. The summed E-state index contributed by atoms with van der Waals surface area (Å²) in [6, 6.07) is 6.36. The number of aryl methyl sites for hydroxylation is 1. The van der Waals surface area contributed by atoms with Crippen LogP contribution in [0.4, 0.5) is 8.78 Å². The van der Waals surface area contributed by atoms with Crippen LogP contribution in [0.3, 0.4) is 0 Å². The second-order valence-electron chi connectivity index (χ2n) is 3.42. The Labute approximate surface area is 107 Å². The van der Waals surface area contributed by atoms with Gasteiger partial charge in [0.2, 0.25) is 5.28 Å². The van der Waals surface area contributed by atoms with Gasteiger partial charge in [-0.1, -0.05) is 19.1 Å². The normalized spacial score (nSPS) is 10.9. The molecule has 0 saturated heterocycles. The Bertz CT molecular complexity index is 545. The SMILES string of the molecule is CCc1nnc(Cl)n1-c1ccccc1OC(F)F. The zero-order valence-electron chi connectivity index (χ0n) is 9.48. The van der Waals surface area contributed by atoms with Crippen LogP contribution in [0.2, 0.25) is 5.28 Å². The predicted octanol–water partition coefficient (Wildman–Crippen LogP) is 3.08. The Morgan fingerprint density at radius 2 is 2.06 bits per heavy atom. The topological polar surface area (TPSA) is 39.9 Å². The van der Waals surface area contributed by atoms with E-state index in [0.717, 1.165) is 0 Å². The first-order chi connectivity index (χ1) is 8.63. The standard InChI is InChI=1S/C11H10ClF2N3O/c1-2-9-15-16-10(12)17(9)7-5-3-4-6-8(7)18-11(13)14/h3-6,11H,2H2,1H3. The maximum Gasteiger partial charge on any atom is 0.387 e. The van der Waals surface area contributed by atoms with Gasteiger partial charge in [-0.2, -0.15) is 8.78 Å². The van der Waals surface area contributed by atoms with Crippen molar-refractivity contribution < 1.29 is 13.5 Å². The van der Waals surface area contributed by atoms with Crippen molar-refractivity contribution in [2.45, 2.75) is 20.0 Å². The number of hydrogen-bond donors (Lipinski definition) is 0. The van der Waals surface area contributed by atoms with Crippen LogP contribution >= 0.6 is 11.6 Å². The number of halogens is 3. The predicted molar refractivity (Wildman–Crippen MR) is 62.4 cm³/mol. The Balaban J connectivity index is 2.52. The third kappa shape index (κ3) is 2.43. The van der Waals surface area contributed by atoms with Crippen LogP contribution in [-0.2, 0) is 6.42 Å². The van der Waals surface area contributed by atoms with Crippen molar-refractivity contribution in [2.24, 2.45) is 0 Å². The van der Waals surface area contributed by atoms with E-state index in [1.807, 2.05) is 6.92 Å². The van der Waals surface area contributed by atoms with Crippen LogP contribution < -0.4 is 4.74 Å². The van der Waals surface area contributed by atoms with Crippen LogP contribution in [0.5, 0.6) is 5.75 Å². The number of alkyl halides is 2. The minimum atomic E-state index is -2.90. The average Bonchev–Trinajstić information content (AvgIpc) is 2.70. The second kappa shape index (κ2) is 5.30. The van der Waals surface area contributed by atoms with Crippen molar-refractivity contribution >= 4 is 11.6 Å². The molecule has 96 valence electrons. The molecule has 0 aliphatic rings. The van der Waals surface area contributed by atoms with E-state index in [9.17, 15) is 8.78 Å². The molecule has 0 aliphatic carbocycles. The molecule has 1 heterocycles. The van der Waals surface area contributed by atoms with E-state index >= 15 is 0 Å². The van der Waals surface area contributed by atoms with Crippen molar-refractivity contribution in [3.8, 4) is 11.4 Å². The van der Waals surface area contributed by atoms with Crippen LogP contribution in [0.15, 0.2) is 24.3 Å². The summed E-state index contributed by atoms with van der Waals surface area (Å²) in [5.74, 6) is 0.606. The molecular formula is C11H10ClF2N3O. The Morgan fingerprint density at radius 3 is 2.72 bits per heavy atom. The van der Waals surface area contributed by atoms with E-state index in [-0.39, 0.29) is 11.0 Å². The number of aromatic nitrogens is 3. The first-order valence-corrected chi connectivity index (χ1v) is 5.65. The molecule has 0 aliphatic heterocycles. The summed E-state index contributed by atoms with van der Waals surface area (Å²) in [5, 5.41) is 7.70. The van der Waals surface area contributed by atoms with E-state index < -0.39 is 6.61 Å². The van der Waals surface area contributed by atoms with Crippen LogP contribution in [-0.4, -0.2) is 21.4 Å². The van der Waals surface area contributed by atoms with Crippen molar-refractivity contribution in [1.82, 2.24) is 14.8 Å². The zero-order chi connectivity index (χ0) is 13.1. The maximum atomic E-state index is 12.3. The fraction of sp³-hybridized carbons (Fsp3) is 0.273. The summed E-state index contributed by atoms with van der Waals surface area (Å²) in [4.78, 5) is 0. The summed E-state index contributed by atoms with van der Waals surface area (Å²) in [7, 11) is 0. The van der Waals surface area contributed by atoms with E-state index in [1.165, 1.54) is 10.6 Å². The fourth-order valence-corrected chi connectivity index (χ4v) is 1.83. The van der Waals surface area contributed by atoms with Crippen LogP contribution in [0.25, 0.3) is 5.69 Å². The highest BCUT2D eigenvalue weighted by atomic mass is 35.5. The molecule has 0 N–H and O–H groups in total. The molecule has 18 heavy (non-hydrogen) atoms. The molecular weight excluding hydrogens is 264 g/mol. The maximum absolute atomic E-state index is 12.3. The number of ether oxygens (including phenoxy) is 1. The van der Waals surface area contributed by atoms with Crippen molar-refractivity contribution in [1.29, 1.82) is 0 Å². The lowest BCUT2D eigenvalue weighted by molar-refractivity contribution is -0.0498. The monoisotopic (exact) mass is 273 g/mol. The van der Waals surface area contributed by atoms with E-state index in [1.54, 1.807) is 18.2 Å². The van der Waals surface area contributed by atoms with Gasteiger partial charge in [0.25, 0.3) is 0 Å². The van der Waals surface area contributed by atoms with E-state index in [2.05, 4.69) is 14.9 Å². The van der Waals surface area contributed by atoms with E-state index in [0.29, 0.717) is 17.9 Å². The highest BCUT2D eigenvalue weighted by Gasteiger charge is 2.16. The van der Waals surface area contributed by atoms with Gasteiger partial charge in [-0.15, -0.1) is 10.2 Å². The van der Waals surface area contributed by atoms with Gasteiger partial charge < -0.3 is 4.74 Å². The van der Waals surface area contributed by atoms with Gasteiger partial charge in [0.1, 0.15) is 11.6 Å². The molecule has 4 nitrogen and oxygen atoms in total. The number of hydrogen-bond acceptors (Lipinski definition) is 3. The number of para-hydroxylation sites is 2. The Kier molecular flexibility index (Phi) is 3.76. The molecule has 1 aromatic carbocycles. The molecule has 0 fully saturated rings. The first-order valence-electron chi connectivity index (χ1n) is 5.27. The third-order valence-electron chi connectivity index (χ3n) is 2.33. The summed E-state index contributed by atoms with van der Waals surface area (Å²) >= 11 is 5.91. The summed E-state index contributed by atoms with van der Waals surface area (Å²) in [6.45, 7) is -1.03. The van der Waals surface area contributed by atoms with Crippen LogP contribution in [0.1, 0.15) is 12.7 Å². The van der Waals surface area contributed by atoms with Crippen molar-refractivity contribution in [3.05, 3.63) is 35.4 Å². The molecule has 2 aromatic rings. The number of benzene rings is 1. The average molecular weight is 274 g/mol. The highest BCUT2D eigenvalue weighted by Crippen LogP contribution is 2.27. The third-order valence-corrected chi connectivity index (χ3v) is 2.57. The first kappa shape index (κ1) is 12.8. The second-order valence-corrected chi connectivity index (χ2v) is 3.76. The molecule has 0 saturated carbocycles. The molecule has 0 bridgehead atoms. The van der Waals surface area contributed by atoms with Gasteiger partial charge in [-0.25, -0.2) is 0 Å². The fourth-order valence-electron chi connectivity index (χ4n) is 1.60. The summed E-state index contributed by atoms with van der Waals surface area (Å²) in [5.41, 5.74) is 0.393. The molecule has 7 heteroatoms. The minimum Gasteiger partial charge on any atom is -0.433 e. The van der Waals surface area contributed by atoms with Gasteiger partial charge in [0.05, 0.1) is 5.69 Å². The van der Waals surface area contributed by atoms with Gasteiger partial charge in [-0.05, 0) is 23.7 Å². The molecule has 0 unspecified atom stereocenters. The Morgan fingerprint density at radius 1 is 1.33 bits per heavy atom. The number of nitrogens with zero attached hydrogens (tertiary/aromatic N) is 3. The lowest BCUT2D eigenvalue weighted by Gasteiger charge is -2.12. The van der Waals surface area contributed by atoms with Gasteiger partial charge >= 0.3 is 6.61 Å². The smallest absolute Gasteiger partial charge is 0.387 e. The quantitative estimate of drug-likeness (QED) is 0.859. The minimum absolute atomic E-state index is 0.0314. The lowest BCUT2D eigenvalue weighted by atomic mass is 10.3. The van der Waals surface area contributed by atoms with Crippen molar-refractivity contribution in [2.75, 3.05) is 0 Å². The van der Waals surface area contributed by atoms with Gasteiger partial charge in [-0.3, -0.25) is 4.57 Å². The molecule has 0 atom stereocenters. The van der Waals surface area contributed by atoms with Gasteiger partial charge in [0.15, 0.2) is 0 Å². The highest BCUT2D eigenvalue weighted by molar-refractivity contribution is 6.28. The zero-order valence-corrected chi connectivity index (χ0v) is 10.2. The Hall–Kier alpha value is -1.69. The lowest BCUT2D eigenvalue weighted by Crippen LogP contribution is -2.07. The van der Waals surface area contributed by atoms with Crippen molar-refractivity contribution in [3.63, 3.8) is 0 Å². The van der Waals surface area contributed by atoms with Crippen LogP contribution in [0, 0.1) is 0 Å². The molecule has 1 aromatic heterocycles. The van der Waals surface area contributed by atoms with Gasteiger partial charge in [0, 0.05) is 6.42 Å². The molecule has 0 radical (unpaired) electrons.